The number of carbonyl (C=O) groups excluding carboxylic acids is 2. The van der Waals surface area contributed by atoms with Gasteiger partial charge in [0.1, 0.15) is 0 Å². The third-order valence-electron chi connectivity index (χ3n) is 1.05. The van der Waals surface area contributed by atoms with Crippen LogP contribution in [0.25, 0.3) is 0 Å². The molecule has 0 fully saturated rings. The summed E-state index contributed by atoms with van der Waals surface area (Å²) in [4.78, 5) is 20.8. The smallest absolute Gasteiger partial charge is 0.318 e. The molecule has 3 N–H and O–H groups in total. The predicted molar refractivity (Wildman–Crippen MR) is 45.4 cm³/mol. The summed E-state index contributed by atoms with van der Waals surface area (Å²) in [5.41, 5.74) is 4.71. The Balaban J connectivity index is 3.46. The maximum absolute atomic E-state index is 10.7. The molecule has 1 atom stereocenters. The molecule has 0 bridgehead atoms. The van der Waals surface area contributed by atoms with Crippen molar-refractivity contribution in [1.29, 1.82) is 0 Å². The molecule has 0 aliphatic rings. The summed E-state index contributed by atoms with van der Waals surface area (Å²) in [6.45, 7) is 1.88. The van der Waals surface area contributed by atoms with E-state index in [9.17, 15) is 9.59 Å². The third kappa shape index (κ3) is 7.18. The maximum atomic E-state index is 10.7. The molecule has 0 aromatic heterocycles. The van der Waals surface area contributed by atoms with Crippen LogP contribution in [0, 0.1) is 0 Å². The normalized spacial score (nSPS) is 12.2. The Labute approximate surface area is 70.9 Å². The first-order chi connectivity index (χ1) is 5.02. The van der Waals surface area contributed by atoms with Gasteiger partial charge in [-0.25, -0.2) is 4.79 Å². The second-order valence-corrected chi connectivity index (χ2v) is 3.18. The molecule has 0 radical (unpaired) electrons. The Morgan fingerprint density at radius 3 is 2.55 bits per heavy atom. The summed E-state index contributed by atoms with van der Waals surface area (Å²) < 4.78 is 0. The lowest BCUT2D eigenvalue weighted by molar-refractivity contribution is -0.120. The van der Waals surface area contributed by atoms with Crippen LogP contribution < -0.4 is 11.1 Å². The van der Waals surface area contributed by atoms with Gasteiger partial charge in [0.05, 0.1) is 0 Å². The Kier molecular flexibility index (Phi) is 4.69. The number of imide groups is 1. The van der Waals surface area contributed by atoms with Crippen LogP contribution in [0.2, 0.25) is 0 Å². The van der Waals surface area contributed by atoms with Crippen molar-refractivity contribution in [3.05, 3.63) is 0 Å². The van der Waals surface area contributed by atoms with Gasteiger partial charge in [0.25, 0.3) is 0 Å². The van der Waals surface area contributed by atoms with Crippen LogP contribution in [0.4, 0.5) is 4.79 Å². The summed E-state index contributed by atoms with van der Waals surface area (Å²) >= 11 is 4.07. The van der Waals surface area contributed by atoms with E-state index in [0.29, 0.717) is 6.42 Å². The van der Waals surface area contributed by atoms with Crippen LogP contribution in [0.15, 0.2) is 0 Å². The Bertz CT molecular complexity index is 159. The maximum Gasteiger partial charge on any atom is 0.318 e. The number of urea groups is 1. The lowest BCUT2D eigenvalue weighted by Crippen LogP contribution is -2.34. The number of rotatable bonds is 3. The highest BCUT2D eigenvalue weighted by atomic mass is 32.1. The van der Waals surface area contributed by atoms with Gasteiger partial charge in [-0.2, -0.15) is 12.6 Å². The van der Waals surface area contributed by atoms with Gasteiger partial charge in [-0.15, -0.1) is 0 Å². The lowest BCUT2D eigenvalue weighted by atomic mass is 10.2. The molecular formula is C6H12N2O2S. The van der Waals surface area contributed by atoms with Crippen molar-refractivity contribution in [1.82, 2.24) is 5.32 Å². The fourth-order valence-electron chi connectivity index (χ4n) is 0.540. The third-order valence-corrected chi connectivity index (χ3v) is 1.31. The molecule has 0 aromatic rings. The fraction of sp³-hybridized carbons (Fsp3) is 0.667. The van der Waals surface area contributed by atoms with Crippen molar-refractivity contribution in [3.8, 4) is 0 Å². The minimum absolute atomic E-state index is 0.161. The Morgan fingerprint density at radius 1 is 1.64 bits per heavy atom. The van der Waals surface area contributed by atoms with E-state index >= 15 is 0 Å². The van der Waals surface area contributed by atoms with Crippen molar-refractivity contribution in [3.63, 3.8) is 0 Å². The monoisotopic (exact) mass is 176 g/mol. The van der Waals surface area contributed by atoms with Crippen LogP contribution >= 0.6 is 12.6 Å². The van der Waals surface area contributed by atoms with Gasteiger partial charge in [-0.05, 0) is 11.7 Å². The molecule has 0 aliphatic carbocycles. The molecule has 0 saturated heterocycles. The second-order valence-electron chi connectivity index (χ2n) is 2.30. The zero-order valence-corrected chi connectivity index (χ0v) is 7.23. The fourth-order valence-corrected chi connectivity index (χ4v) is 0.669. The van der Waals surface area contributed by atoms with Gasteiger partial charge >= 0.3 is 6.03 Å². The van der Waals surface area contributed by atoms with E-state index < -0.39 is 6.03 Å². The van der Waals surface area contributed by atoms with E-state index in [4.69, 9.17) is 5.73 Å². The van der Waals surface area contributed by atoms with Gasteiger partial charge in [0, 0.05) is 6.42 Å². The standard InChI is InChI=1S/C6H12N2O2S/c1-4(11)2-3-5(9)8-6(7)10/h4,11H,2-3H2,1H3,(H3,7,8,9,10). The van der Waals surface area contributed by atoms with Crippen molar-refractivity contribution < 1.29 is 9.59 Å². The van der Waals surface area contributed by atoms with E-state index in [1.54, 1.807) is 0 Å². The van der Waals surface area contributed by atoms with Crippen LogP contribution in [-0.2, 0) is 4.79 Å². The van der Waals surface area contributed by atoms with Gasteiger partial charge in [0.2, 0.25) is 5.91 Å². The van der Waals surface area contributed by atoms with E-state index in [1.165, 1.54) is 0 Å². The van der Waals surface area contributed by atoms with Gasteiger partial charge < -0.3 is 5.73 Å². The number of hydrogen-bond donors (Lipinski definition) is 3. The topological polar surface area (TPSA) is 72.2 Å². The SMILES string of the molecule is CC(S)CCC(=O)NC(N)=O. The molecule has 0 saturated carbocycles. The summed E-state index contributed by atoms with van der Waals surface area (Å²) in [5, 5.41) is 2.12. The van der Waals surface area contributed by atoms with E-state index in [0.717, 1.165) is 0 Å². The van der Waals surface area contributed by atoms with E-state index in [1.807, 2.05) is 12.2 Å². The minimum Gasteiger partial charge on any atom is -0.351 e. The zero-order valence-electron chi connectivity index (χ0n) is 6.33. The number of primary amides is 1. The van der Waals surface area contributed by atoms with E-state index in [2.05, 4.69) is 12.6 Å². The first-order valence-corrected chi connectivity index (χ1v) is 3.81. The number of amides is 3. The molecule has 0 aliphatic heterocycles. The first kappa shape index (κ1) is 10.3. The van der Waals surface area contributed by atoms with Gasteiger partial charge in [-0.1, -0.05) is 6.92 Å². The molecule has 5 heteroatoms. The molecule has 4 nitrogen and oxygen atoms in total. The van der Waals surface area contributed by atoms with Crippen molar-refractivity contribution in [2.75, 3.05) is 0 Å². The van der Waals surface area contributed by atoms with Crippen LogP contribution in [0.5, 0.6) is 0 Å². The summed E-state index contributed by atoms with van der Waals surface area (Å²) in [6, 6.07) is -0.804. The second kappa shape index (κ2) is 5.01. The summed E-state index contributed by atoms with van der Waals surface area (Å²) in [6.07, 6.45) is 0.926. The highest BCUT2D eigenvalue weighted by molar-refractivity contribution is 7.80. The molecule has 0 aromatic carbocycles. The zero-order chi connectivity index (χ0) is 8.85. The lowest BCUT2D eigenvalue weighted by Gasteiger charge is -2.02. The molecule has 0 spiro atoms. The highest BCUT2D eigenvalue weighted by Gasteiger charge is 2.04. The van der Waals surface area contributed by atoms with Crippen molar-refractivity contribution in [2.24, 2.45) is 5.73 Å². The van der Waals surface area contributed by atoms with Crippen molar-refractivity contribution in [2.45, 2.75) is 25.0 Å². The number of thiol groups is 1. The predicted octanol–water partition coefficient (Wildman–Crippen LogP) is 0.280. The largest absolute Gasteiger partial charge is 0.351 e. The number of carbonyl (C=O) groups is 2. The average molecular weight is 176 g/mol. The Morgan fingerprint density at radius 2 is 2.18 bits per heavy atom. The average Bonchev–Trinajstić information content (AvgIpc) is 1.82. The number of nitrogens with one attached hydrogen (secondary N) is 1. The van der Waals surface area contributed by atoms with Crippen LogP contribution in [-0.4, -0.2) is 17.2 Å². The van der Waals surface area contributed by atoms with Crippen LogP contribution in [0.1, 0.15) is 19.8 Å². The Hall–Kier alpha value is -0.710. The highest BCUT2D eigenvalue weighted by Crippen LogP contribution is 2.01. The van der Waals surface area contributed by atoms with E-state index in [-0.39, 0.29) is 17.6 Å². The summed E-state index contributed by atoms with van der Waals surface area (Å²) in [7, 11) is 0. The van der Waals surface area contributed by atoms with Crippen LogP contribution in [0.3, 0.4) is 0 Å². The molecule has 64 valence electrons. The van der Waals surface area contributed by atoms with Gasteiger partial charge in [-0.3, -0.25) is 10.1 Å². The molecule has 1 unspecified atom stereocenters. The molecule has 3 amide bonds. The molecule has 11 heavy (non-hydrogen) atoms. The minimum atomic E-state index is -0.804. The quantitative estimate of drug-likeness (QED) is 0.540. The molecule has 0 rings (SSSR count). The van der Waals surface area contributed by atoms with Crippen molar-refractivity contribution >= 4 is 24.6 Å². The van der Waals surface area contributed by atoms with Gasteiger partial charge in [0.15, 0.2) is 0 Å². The molecule has 0 heterocycles. The number of nitrogens with two attached hydrogens (primary N) is 1. The summed E-state index contributed by atoms with van der Waals surface area (Å²) in [5.74, 6) is -0.349. The first-order valence-electron chi connectivity index (χ1n) is 3.29. The number of hydrogen-bond acceptors (Lipinski definition) is 3. The molecular weight excluding hydrogens is 164 g/mol.